The predicted octanol–water partition coefficient (Wildman–Crippen LogP) is 3.01. The van der Waals surface area contributed by atoms with Crippen molar-refractivity contribution in [3.05, 3.63) is 6.07 Å². The highest BCUT2D eigenvalue weighted by Gasteiger charge is 2.21. The summed E-state index contributed by atoms with van der Waals surface area (Å²) >= 11 is 5.25. The van der Waals surface area contributed by atoms with E-state index in [9.17, 15) is 0 Å². The summed E-state index contributed by atoms with van der Waals surface area (Å²) in [6.07, 6.45) is 7.62. The molecule has 25 heavy (non-hydrogen) atoms. The Balaban J connectivity index is 1.88. The van der Waals surface area contributed by atoms with Crippen molar-refractivity contribution in [1.82, 2.24) is 15.3 Å². The molecule has 0 bridgehead atoms. The first-order chi connectivity index (χ1) is 12.2. The Bertz CT molecular complexity index is 565. The van der Waals surface area contributed by atoms with Gasteiger partial charge in [-0.2, -0.15) is 9.97 Å². The van der Waals surface area contributed by atoms with Gasteiger partial charge in [-0.1, -0.05) is 19.8 Å². The van der Waals surface area contributed by atoms with Crippen LogP contribution < -0.4 is 20.4 Å². The number of rotatable bonds is 3. The SMILES string of the molecule is CNC(=S)Nc1nc(N2CCCCCC2)cc(N2CCC[C@H](C)C2)n1. The number of hydrogen-bond donors (Lipinski definition) is 2. The van der Waals surface area contributed by atoms with Crippen LogP contribution in [0.1, 0.15) is 45.4 Å². The molecular formula is C18H30N6S. The zero-order chi connectivity index (χ0) is 17.6. The van der Waals surface area contributed by atoms with Gasteiger partial charge in [0.1, 0.15) is 11.6 Å². The molecule has 138 valence electrons. The van der Waals surface area contributed by atoms with Gasteiger partial charge in [-0.3, -0.25) is 0 Å². The van der Waals surface area contributed by atoms with Crippen molar-refractivity contribution >= 4 is 34.9 Å². The highest BCUT2D eigenvalue weighted by atomic mass is 32.1. The highest BCUT2D eigenvalue weighted by Crippen LogP contribution is 2.27. The smallest absolute Gasteiger partial charge is 0.232 e. The number of nitrogens with one attached hydrogen (secondary N) is 2. The molecule has 0 radical (unpaired) electrons. The third-order valence-electron chi connectivity index (χ3n) is 5.06. The van der Waals surface area contributed by atoms with Crippen molar-refractivity contribution in [3.8, 4) is 0 Å². The lowest BCUT2D eigenvalue weighted by atomic mass is 10.0. The summed E-state index contributed by atoms with van der Waals surface area (Å²) < 4.78 is 0. The third kappa shape index (κ3) is 4.93. The standard InChI is InChI=1S/C18H30N6S/c1-14-8-7-11-24(13-14)16-12-15(23-9-5-3-4-6-10-23)20-17(21-16)22-18(25)19-2/h12,14H,3-11,13H2,1-2H3,(H2,19,20,21,22,25)/t14-/m0/s1. The molecule has 1 atom stereocenters. The maximum Gasteiger partial charge on any atom is 0.232 e. The van der Waals surface area contributed by atoms with E-state index < -0.39 is 0 Å². The van der Waals surface area contributed by atoms with Crippen molar-refractivity contribution in [2.75, 3.05) is 48.3 Å². The molecule has 2 saturated heterocycles. The second-order valence-corrected chi connectivity index (χ2v) is 7.61. The maximum absolute atomic E-state index is 5.25. The Kier molecular flexibility index (Phi) is 6.29. The molecule has 2 aliphatic heterocycles. The van der Waals surface area contributed by atoms with Crippen molar-refractivity contribution in [2.45, 2.75) is 45.4 Å². The van der Waals surface area contributed by atoms with Crippen molar-refractivity contribution in [1.29, 1.82) is 0 Å². The van der Waals surface area contributed by atoms with E-state index in [4.69, 9.17) is 22.2 Å². The molecule has 0 aliphatic carbocycles. The lowest BCUT2D eigenvalue weighted by Gasteiger charge is -2.33. The molecule has 3 heterocycles. The van der Waals surface area contributed by atoms with Gasteiger partial charge in [-0.05, 0) is 43.8 Å². The number of nitrogens with zero attached hydrogens (tertiary/aromatic N) is 4. The molecule has 2 fully saturated rings. The fourth-order valence-corrected chi connectivity index (χ4v) is 3.75. The average Bonchev–Trinajstić information content (AvgIpc) is 2.91. The van der Waals surface area contributed by atoms with E-state index in [-0.39, 0.29) is 0 Å². The molecule has 2 aliphatic rings. The lowest BCUT2D eigenvalue weighted by Crippen LogP contribution is -2.36. The molecule has 2 N–H and O–H groups in total. The van der Waals surface area contributed by atoms with E-state index in [1.54, 1.807) is 7.05 Å². The molecular weight excluding hydrogens is 332 g/mol. The van der Waals surface area contributed by atoms with Crippen LogP contribution >= 0.6 is 12.2 Å². The molecule has 1 aromatic rings. The van der Waals surface area contributed by atoms with Crippen molar-refractivity contribution < 1.29 is 0 Å². The molecule has 6 nitrogen and oxygen atoms in total. The Labute approximate surface area is 156 Å². The molecule has 0 amide bonds. The summed E-state index contributed by atoms with van der Waals surface area (Å²) in [6.45, 7) is 6.59. The Morgan fingerprint density at radius 3 is 2.32 bits per heavy atom. The molecule has 7 heteroatoms. The number of hydrogen-bond acceptors (Lipinski definition) is 5. The molecule has 0 unspecified atom stereocenters. The second-order valence-electron chi connectivity index (χ2n) is 7.21. The number of aromatic nitrogens is 2. The summed E-state index contributed by atoms with van der Waals surface area (Å²) in [5.41, 5.74) is 0. The monoisotopic (exact) mass is 362 g/mol. The summed E-state index contributed by atoms with van der Waals surface area (Å²) in [5.74, 6) is 3.34. The summed E-state index contributed by atoms with van der Waals surface area (Å²) in [7, 11) is 1.81. The molecule has 3 rings (SSSR count). The Morgan fingerprint density at radius 1 is 1.04 bits per heavy atom. The predicted molar refractivity (Wildman–Crippen MR) is 109 cm³/mol. The van der Waals surface area contributed by atoms with Gasteiger partial charge in [0.05, 0.1) is 0 Å². The summed E-state index contributed by atoms with van der Waals surface area (Å²) in [4.78, 5) is 14.3. The van der Waals surface area contributed by atoms with Crippen LogP contribution in [-0.4, -0.2) is 48.3 Å². The van der Waals surface area contributed by atoms with Crippen LogP contribution in [-0.2, 0) is 0 Å². The molecule has 1 aromatic heterocycles. The molecule has 0 spiro atoms. The van der Waals surface area contributed by atoms with Crippen molar-refractivity contribution in [2.24, 2.45) is 5.92 Å². The van der Waals surface area contributed by atoms with E-state index in [1.807, 2.05) is 0 Å². The van der Waals surface area contributed by atoms with E-state index in [0.29, 0.717) is 17.0 Å². The van der Waals surface area contributed by atoms with Gasteiger partial charge in [0.15, 0.2) is 5.11 Å². The minimum absolute atomic E-state index is 0.547. The number of anilines is 3. The molecule has 0 saturated carbocycles. The lowest BCUT2D eigenvalue weighted by molar-refractivity contribution is 0.444. The van der Waals surface area contributed by atoms with Crippen LogP contribution in [0.25, 0.3) is 0 Å². The van der Waals surface area contributed by atoms with Crippen LogP contribution in [0.2, 0.25) is 0 Å². The fraction of sp³-hybridized carbons (Fsp3) is 0.722. The van der Waals surface area contributed by atoms with Gasteiger partial charge < -0.3 is 20.4 Å². The first-order valence-electron chi connectivity index (χ1n) is 9.53. The first-order valence-corrected chi connectivity index (χ1v) is 9.94. The summed E-state index contributed by atoms with van der Waals surface area (Å²) in [5, 5.41) is 6.61. The third-order valence-corrected chi connectivity index (χ3v) is 5.37. The normalized spacial score (nSPS) is 21.6. The van der Waals surface area contributed by atoms with Gasteiger partial charge in [0.25, 0.3) is 0 Å². The largest absolute Gasteiger partial charge is 0.365 e. The van der Waals surface area contributed by atoms with Crippen LogP contribution in [0.4, 0.5) is 17.6 Å². The minimum Gasteiger partial charge on any atom is -0.365 e. The van der Waals surface area contributed by atoms with E-state index in [0.717, 1.165) is 37.8 Å². The first kappa shape index (κ1) is 18.2. The zero-order valence-electron chi connectivity index (χ0n) is 15.4. The minimum atomic E-state index is 0.547. The number of piperidine rings is 1. The second kappa shape index (κ2) is 8.65. The van der Waals surface area contributed by atoms with Gasteiger partial charge >= 0.3 is 0 Å². The topological polar surface area (TPSA) is 56.3 Å². The van der Waals surface area contributed by atoms with Crippen LogP contribution in [0, 0.1) is 5.92 Å². The van der Waals surface area contributed by atoms with E-state index >= 15 is 0 Å². The number of thiocarbonyl (C=S) groups is 1. The molecule has 0 aromatic carbocycles. The zero-order valence-corrected chi connectivity index (χ0v) is 16.2. The van der Waals surface area contributed by atoms with E-state index in [1.165, 1.54) is 38.5 Å². The van der Waals surface area contributed by atoms with E-state index in [2.05, 4.69) is 33.4 Å². The van der Waals surface area contributed by atoms with Gasteiger partial charge in [-0.25, -0.2) is 0 Å². The van der Waals surface area contributed by atoms with Gasteiger partial charge in [0.2, 0.25) is 5.95 Å². The summed E-state index contributed by atoms with van der Waals surface area (Å²) in [6, 6.07) is 2.16. The van der Waals surface area contributed by atoms with Gasteiger partial charge in [0, 0.05) is 39.3 Å². The Hall–Kier alpha value is -1.63. The maximum atomic E-state index is 5.25. The van der Waals surface area contributed by atoms with Gasteiger partial charge in [-0.15, -0.1) is 0 Å². The van der Waals surface area contributed by atoms with Crippen LogP contribution in [0.15, 0.2) is 6.07 Å². The quantitative estimate of drug-likeness (QED) is 0.802. The fourth-order valence-electron chi connectivity index (χ4n) is 3.66. The Morgan fingerprint density at radius 2 is 1.68 bits per heavy atom. The van der Waals surface area contributed by atoms with Crippen LogP contribution in [0.5, 0.6) is 0 Å². The van der Waals surface area contributed by atoms with Crippen LogP contribution in [0.3, 0.4) is 0 Å². The van der Waals surface area contributed by atoms with Crippen molar-refractivity contribution in [3.63, 3.8) is 0 Å². The average molecular weight is 363 g/mol. The highest BCUT2D eigenvalue weighted by molar-refractivity contribution is 7.80.